The van der Waals surface area contributed by atoms with E-state index < -0.39 is 0 Å². The van der Waals surface area contributed by atoms with Crippen LogP contribution in [-0.2, 0) is 16.1 Å². The fourth-order valence-corrected chi connectivity index (χ4v) is 2.98. The molecule has 150 valence electrons. The molecule has 0 saturated carbocycles. The number of likely N-dealkylation sites (N-methyl/N-ethyl adjacent to an activating group) is 1. The van der Waals surface area contributed by atoms with Crippen molar-refractivity contribution < 1.29 is 9.59 Å². The smallest absolute Gasteiger partial charge is 0.243 e. The monoisotopic (exact) mass is 409 g/mol. The maximum Gasteiger partial charge on any atom is 0.243 e. The zero-order valence-electron chi connectivity index (χ0n) is 16.6. The Morgan fingerprint density at radius 2 is 1.66 bits per heavy atom. The quantitative estimate of drug-likeness (QED) is 0.612. The Kier molecular flexibility index (Phi) is 6.23. The second-order valence-electron chi connectivity index (χ2n) is 6.97. The average molecular weight is 410 g/mol. The van der Waals surface area contributed by atoms with Crippen molar-refractivity contribution in [1.29, 1.82) is 0 Å². The summed E-state index contributed by atoms with van der Waals surface area (Å²) in [5, 5.41) is 9.77. The lowest BCUT2D eigenvalue weighted by Crippen LogP contribution is -2.37. The van der Waals surface area contributed by atoms with Crippen LogP contribution in [0.25, 0.3) is 11.4 Å². The van der Waals surface area contributed by atoms with E-state index >= 15 is 0 Å². The lowest BCUT2D eigenvalue weighted by atomic mass is 10.1. The summed E-state index contributed by atoms with van der Waals surface area (Å²) >= 11 is 5.28. The van der Waals surface area contributed by atoms with Crippen LogP contribution in [0, 0.1) is 18.6 Å². The summed E-state index contributed by atoms with van der Waals surface area (Å²) in [5.74, 6) is 0.0787. The second kappa shape index (κ2) is 8.83. The summed E-state index contributed by atoms with van der Waals surface area (Å²) in [6.45, 7) is 3.91. The Hall–Kier alpha value is -3.26. The van der Waals surface area contributed by atoms with Gasteiger partial charge in [0, 0.05) is 18.3 Å². The van der Waals surface area contributed by atoms with Crippen LogP contribution in [-0.4, -0.2) is 45.1 Å². The first-order valence-electron chi connectivity index (χ1n) is 9.16. The number of hydrogen-bond acceptors (Lipinski definition) is 4. The molecule has 3 rings (SSSR count). The number of benzene rings is 2. The first-order chi connectivity index (χ1) is 13.8. The molecule has 0 aliphatic rings. The summed E-state index contributed by atoms with van der Waals surface area (Å²) < 4.78 is 1.99. The number of aromatic nitrogens is 3. The fraction of sp³-hybridized carbons (Fsp3) is 0.238. The Labute approximate surface area is 174 Å². The molecule has 0 unspecified atom stereocenters. The van der Waals surface area contributed by atoms with E-state index in [1.165, 1.54) is 4.90 Å². The highest BCUT2D eigenvalue weighted by Crippen LogP contribution is 2.18. The number of rotatable bonds is 6. The third-order valence-corrected chi connectivity index (χ3v) is 4.81. The van der Waals surface area contributed by atoms with Crippen molar-refractivity contribution in [2.75, 3.05) is 18.9 Å². The molecule has 0 spiro atoms. The van der Waals surface area contributed by atoms with Crippen LogP contribution in [0.15, 0.2) is 48.5 Å². The number of aromatic amines is 1. The van der Waals surface area contributed by atoms with E-state index in [0.29, 0.717) is 16.3 Å². The zero-order valence-corrected chi connectivity index (χ0v) is 17.4. The lowest BCUT2D eigenvalue weighted by Gasteiger charge is -2.17. The zero-order chi connectivity index (χ0) is 21.0. The van der Waals surface area contributed by atoms with E-state index in [-0.39, 0.29) is 24.9 Å². The second-order valence-corrected chi connectivity index (χ2v) is 7.36. The highest BCUT2D eigenvalue weighted by atomic mass is 32.1. The molecule has 0 fully saturated rings. The minimum Gasteiger partial charge on any atom is -0.335 e. The van der Waals surface area contributed by atoms with Crippen molar-refractivity contribution in [3.63, 3.8) is 0 Å². The number of amides is 2. The lowest BCUT2D eigenvalue weighted by molar-refractivity contribution is -0.133. The summed E-state index contributed by atoms with van der Waals surface area (Å²) in [6.07, 6.45) is 0. The molecule has 0 radical (unpaired) electrons. The minimum absolute atomic E-state index is 0.00709. The van der Waals surface area contributed by atoms with Crippen LogP contribution < -0.4 is 5.32 Å². The molecule has 1 heterocycles. The third kappa shape index (κ3) is 5.17. The number of carbonyl (C=O) groups is 2. The molecule has 0 atom stereocenters. The molecule has 0 aliphatic carbocycles. The molecule has 1 aromatic heterocycles. The Morgan fingerprint density at radius 1 is 1.07 bits per heavy atom. The van der Waals surface area contributed by atoms with E-state index in [9.17, 15) is 9.59 Å². The van der Waals surface area contributed by atoms with Gasteiger partial charge in [0.1, 0.15) is 6.54 Å². The van der Waals surface area contributed by atoms with Gasteiger partial charge in [-0.1, -0.05) is 47.5 Å². The van der Waals surface area contributed by atoms with E-state index in [2.05, 4.69) is 15.5 Å². The molecule has 0 aliphatic heterocycles. The SMILES string of the molecule is Cc1ccc(NC(=O)CN(C)C(=O)Cn2c(-c3ccc(C)cc3)n[nH]c2=S)cc1. The van der Waals surface area contributed by atoms with Crippen LogP contribution >= 0.6 is 12.2 Å². The van der Waals surface area contributed by atoms with Gasteiger partial charge in [0.05, 0.1) is 6.54 Å². The molecule has 8 heteroatoms. The van der Waals surface area contributed by atoms with Crippen LogP contribution in [0.4, 0.5) is 5.69 Å². The first kappa shape index (κ1) is 20.5. The number of anilines is 1. The predicted octanol–water partition coefficient (Wildman–Crippen LogP) is 3.32. The number of H-pyrrole nitrogens is 1. The summed E-state index contributed by atoms with van der Waals surface area (Å²) in [5.41, 5.74) is 3.79. The molecule has 3 aromatic rings. The summed E-state index contributed by atoms with van der Waals surface area (Å²) in [4.78, 5) is 26.3. The molecule has 29 heavy (non-hydrogen) atoms. The van der Waals surface area contributed by atoms with Crippen LogP contribution in [0.1, 0.15) is 11.1 Å². The number of hydrogen-bond donors (Lipinski definition) is 2. The number of aryl methyl sites for hydroxylation is 2. The summed E-state index contributed by atoms with van der Waals surface area (Å²) in [7, 11) is 1.59. The molecular weight excluding hydrogens is 386 g/mol. The minimum atomic E-state index is -0.265. The largest absolute Gasteiger partial charge is 0.335 e. The van der Waals surface area contributed by atoms with E-state index in [1.54, 1.807) is 11.6 Å². The molecule has 0 saturated heterocycles. The average Bonchev–Trinajstić information content (AvgIpc) is 3.04. The summed E-state index contributed by atoms with van der Waals surface area (Å²) in [6, 6.07) is 15.3. The highest BCUT2D eigenvalue weighted by Gasteiger charge is 2.17. The fourth-order valence-electron chi connectivity index (χ4n) is 2.78. The normalized spacial score (nSPS) is 10.6. The highest BCUT2D eigenvalue weighted by molar-refractivity contribution is 7.71. The van der Waals surface area contributed by atoms with Crippen LogP contribution in [0.3, 0.4) is 0 Å². The third-order valence-electron chi connectivity index (χ3n) is 4.50. The number of nitrogens with zero attached hydrogens (tertiary/aromatic N) is 3. The first-order valence-corrected chi connectivity index (χ1v) is 9.57. The molecule has 0 bridgehead atoms. The molecule has 2 aromatic carbocycles. The van der Waals surface area contributed by atoms with Gasteiger partial charge in [-0.2, -0.15) is 5.10 Å². The van der Waals surface area contributed by atoms with Gasteiger partial charge in [0.15, 0.2) is 10.6 Å². The maximum atomic E-state index is 12.7. The Morgan fingerprint density at radius 3 is 2.28 bits per heavy atom. The number of carbonyl (C=O) groups excluding carboxylic acids is 2. The van der Waals surface area contributed by atoms with E-state index in [4.69, 9.17) is 12.2 Å². The Balaban J connectivity index is 1.66. The van der Waals surface area contributed by atoms with Crippen molar-refractivity contribution in [1.82, 2.24) is 19.7 Å². The van der Waals surface area contributed by atoms with E-state index in [1.807, 2.05) is 62.4 Å². The van der Waals surface area contributed by atoms with Crippen molar-refractivity contribution in [3.05, 3.63) is 64.4 Å². The van der Waals surface area contributed by atoms with Gasteiger partial charge < -0.3 is 10.2 Å². The molecular formula is C21H23N5O2S. The van der Waals surface area contributed by atoms with Gasteiger partial charge in [-0.05, 0) is 38.2 Å². The van der Waals surface area contributed by atoms with Gasteiger partial charge in [0.25, 0.3) is 0 Å². The van der Waals surface area contributed by atoms with Crippen molar-refractivity contribution >= 4 is 29.7 Å². The van der Waals surface area contributed by atoms with Crippen LogP contribution in [0.2, 0.25) is 0 Å². The van der Waals surface area contributed by atoms with Gasteiger partial charge in [-0.15, -0.1) is 0 Å². The van der Waals surface area contributed by atoms with Crippen LogP contribution in [0.5, 0.6) is 0 Å². The van der Waals surface area contributed by atoms with E-state index in [0.717, 1.165) is 16.7 Å². The molecule has 2 N–H and O–H groups in total. The Bertz CT molecular complexity index is 1070. The van der Waals surface area contributed by atoms with Crippen molar-refractivity contribution in [2.24, 2.45) is 0 Å². The van der Waals surface area contributed by atoms with Gasteiger partial charge in [0.2, 0.25) is 11.8 Å². The predicted molar refractivity (Wildman–Crippen MR) is 115 cm³/mol. The molecule has 2 amide bonds. The van der Waals surface area contributed by atoms with Crippen molar-refractivity contribution in [2.45, 2.75) is 20.4 Å². The standard InChI is InChI=1S/C21H23N5O2S/c1-14-4-8-16(9-5-14)20-23-24-21(29)26(20)13-19(28)25(3)12-18(27)22-17-10-6-15(2)7-11-17/h4-11H,12-13H2,1-3H3,(H,22,27)(H,24,29). The topological polar surface area (TPSA) is 83.0 Å². The van der Waals surface area contributed by atoms with Gasteiger partial charge in [-0.3, -0.25) is 19.3 Å². The van der Waals surface area contributed by atoms with Gasteiger partial charge >= 0.3 is 0 Å². The van der Waals surface area contributed by atoms with Gasteiger partial charge in [-0.25, -0.2) is 0 Å². The van der Waals surface area contributed by atoms with Crippen molar-refractivity contribution in [3.8, 4) is 11.4 Å². The number of nitrogens with one attached hydrogen (secondary N) is 2. The maximum absolute atomic E-state index is 12.7. The molecule has 7 nitrogen and oxygen atoms in total.